The molecule has 0 aliphatic carbocycles. The minimum atomic E-state index is 0.166. The summed E-state index contributed by atoms with van der Waals surface area (Å²) in [4.78, 5) is 7.02. The van der Waals surface area contributed by atoms with Gasteiger partial charge in [0, 0.05) is 22.9 Å². The van der Waals surface area contributed by atoms with Crippen LogP contribution in [0, 0.1) is 0 Å². The Hall–Kier alpha value is -1.11. The van der Waals surface area contributed by atoms with E-state index in [2.05, 4.69) is 34.8 Å². The summed E-state index contributed by atoms with van der Waals surface area (Å²) in [6, 6.07) is 4.42. The molecule has 1 aromatic heterocycles. The first-order valence-electron chi connectivity index (χ1n) is 6.03. The predicted octanol–water partition coefficient (Wildman–Crippen LogP) is 1.25. The molecule has 102 valence electrons. The Kier molecular flexibility index (Phi) is 6.70. The lowest BCUT2D eigenvalue weighted by Crippen LogP contribution is -2.46. The number of ether oxygens (including phenoxy) is 1. The SMILES string of the molecule is CCc1ccc(CN=C(NN)NC(C)COC)s1. The van der Waals surface area contributed by atoms with E-state index in [0.29, 0.717) is 19.1 Å². The van der Waals surface area contributed by atoms with Crippen LogP contribution < -0.4 is 16.6 Å². The van der Waals surface area contributed by atoms with E-state index in [9.17, 15) is 0 Å². The molecule has 0 bridgehead atoms. The van der Waals surface area contributed by atoms with Crippen LogP contribution >= 0.6 is 11.3 Å². The van der Waals surface area contributed by atoms with Gasteiger partial charge in [0.25, 0.3) is 0 Å². The van der Waals surface area contributed by atoms with Crippen molar-refractivity contribution in [2.24, 2.45) is 10.8 Å². The number of nitrogens with two attached hydrogens (primary N) is 1. The lowest BCUT2D eigenvalue weighted by Gasteiger charge is -2.15. The van der Waals surface area contributed by atoms with Crippen molar-refractivity contribution >= 4 is 17.3 Å². The highest BCUT2D eigenvalue weighted by molar-refractivity contribution is 7.11. The van der Waals surface area contributed by atoms with Crippen LogP contribution in [0.3, 0.4) is 0 Å². The zero-order chi connectivity index (χ0) is 13.4. The number of guanidine groups is 1. The second kappa shape index (κ2) is 8.07. The van der Waals surface area contributed by atoms with E-state index >= 15 is 0 Å². The quantitative estimate of drug-likeness (QED) is 0.315. The van der Waals surface area contributed by atoms with Crippen molar-refractivity contribution in [2.45, 2.75) is 32.9 Å². The Labute approximate surface area is 112 Å². The van der Waals surface area contributed by atoms with Gasteiger partial charge in [-0.1, -0.05) is 6.92 Å². The number of nitrogens with zero attached hydrogens (tertiary/aromatic N) is 1. The van der Waals surface area contributed by atoms with Crippen LogP contribution in [-0.4, -0.2) is 25.7 Å². The van der Waals surface area contributed by atoms with Crippen LogP contribution in [0.15, 0.2) is 17.1 Å². The number of thiophene rings is 1. The molecule has 0 amide bonds. The summed E-state index contributed by atoms with van der Waals surface area (Å²) >= 11 is 1.79. The molecule has 0 spiro atoms. The molecule has 1 unspecified atom stereocenters. The molecule has 0 saturated carbocycles. The number of aryl methyl sites for hydroxylation is 1. The van der Waals surface area contributed by atoms with Gasteiger partial charge in [0.15, 0.2) is 0 Å². The number of nitrogens with one attached hydrogen (secondary N) is 2. The summed E-state index contributed by atoms with van der Waals surface area (Å²) in [6.07, 6.45) is 1.07. The third-order valence-corrected chi connectivity index (χ3v) is 3.61. The number of hydrazine groups is 1. The van der Waals surface area contributed by atoms with Gasteiger partial charge in [0.2, 0.25) is 5.96 Å². The van der Waals surface area contributed by atoms with Crippen LogP contribution in [0.25, 0.3) is 0 Å². The van der Waals surface area contributed by atoms with Crippen molar-refractivity contribution in [3.63, 3.8) is 0 Å². The van der Waals surface area contributed by atoms with E-state index in [1.165, 1.54) is 9.75 Å². The molecule has 0 aliphatic rings. The monoisotopic (exact) mass is 270 g/mol. The van der Waals surface area contributed by atoms with Gasteiger partial charge in [0.05, 0.1) is 13.2 Å². The fourth-order valence-corrected chi connectivity index (χ4v) is 2.39. The Bertz CT molecular complexity index is 378. The number of hydrogen-bond acceptors (Lipinski definition) is 4. The average molecular weight is 270 g/mol. The van der Waals surface area contributed by atoms with Crippen LogP contribution in [0.4, 0.5) is 0 Å². The van der Waals surface area contributed by atoms with E-state index < -0.39 is 0 Å². The van der Waals surface area contributed by atoms with Crippen molar-refractivity contribution in [1.29, 1.82) is 0 Å². The van der Waals surface area contributed by atoms with Gasteiger partial charge in [-0.05, 0) is 25.5 Å². The molecule has 0 radical (unpaired) electrons. The summed E-state index contributed by atoms with van der Waals surface area (Å²) in [7, 11) is 1.67. The Morgan fingerprint density at radius 3 is 2.78 bits per heavy atom. The highest BCUT2D eigenvalue weighted by Gasteiger charge is 2.04. The van der Waals surface area contributed by atoms with Crippen LogP contribution in [-0.2, 0) is 17.7 Å². The highest BCUT2D eigenvalue weighted by Crippen LogP contribution is 2.17. The number of methoxy groups -OCH3 is 1. The lowest BCUT2D eigenvalue weighted by atomic mass is 10.3. The molecule has 18 heavy (non-hydrogen) atoms. The van der Waals surface area contributed by atoms with E-state index in [0.717, 1.165) is 6.42 Å². The van der Waals surface area contributed by atoms with Gasteiger partial charge >= 0.3 is 0 Å². The summed E-state index contributed by atoms with van der Waals surface area (Å²) < 4.78 is 5.05. The van der Waals surface area contributed by atoms with Crippen molar-refractivity contribution < 1.29 is 4.74 Å². The van der Waals surface area contributed by atoms with Crippen molar-refractivity contribution in [2.75, 3.05) is 13.7 Å². The largest absolute Gasteiger partial charge is 0.383 e. The number of rotatable bonds is 6. The molecule has 5 nitrogen and oxygen atoms in total. The molecular formula is C12H22N4OS. The number of aliphatic imine (C=N–C) groups is 1. The molecule has 0 saturated heterocycles. The zero-order valence-electron chi connectivity index (χ0n) is 11.2. The summed E-state index contributed by atoms with van der Waals surface area (Å²) in [5, 5.41) is 3.15. The molecular weight excluding hydrogens is 248 g/mol. The van der Waals surface area contributed by atoms with E-state index in [1.54, 1.807) is 18.4 Å². The molecule has 4 N–H and O–H groups in total. The third kappa shape index (κ3) is 5.03. The van der Waals surface area contributed by atoms with Gasteiger partial charge in [-0.15, -0.1) is 11.3 Å². The van der Waals surface area contributed by atoms with Gasteiger partial charge in [-0.3, -0.25) is 5.43 Å². The minimum Gasteiger partial charge on any atom is -0.383 e. The Balaban J connectivity index is 2.51. The summed E-state index contributed by atoms with van der Waals surface area (Å²) in [5.41, 5.74) is 2.57. The first-order valence-corrected chi connectivity index (χ1v) is 6.85. The van der Waals surface area contributed by atoms with E-state index in [-0.39, 0.29) is 6.04 Å². The van der Waals surface area contributed by atoms with Crippen molar-refractivity contribution in [3.8, 4) is 0 Å². The van der Waals surface area contributed by atoms with Gasteiger partial charge in [0.1, 0.15) is 0 Å². The Morgan fingerprint density at radius 2 is 2.22 bits per heavy atom. The lowest BCUT2D eigenvalue weighted by molar-refractivity contribution is 0.179. The van der Waals surface area contributed by atoms with E-state index in [1.807, 2.05) is 6.92 Å². The fraction of sp³-hybridized carbons (Fsp3) is 0.583. The maximum absolute atomic E-state index is 5.43. The summed E-state index contributed by atoms with van der Waals surface area (Å²) in [6.45, 7) is 5.41. The van der Waals surface area contributed by atoms with Crippen molar-refractivity contribution in [3.05, 3.63) is 21.9 Å². The van der Waals surface area contributed by atoms with E-state index in [4.69, 9.17) is 10.6 Å². The first-order chi connectivity index (χ1) is 8.69. The third-order valence-electron chi connectivity index (χ3n) is 2.40. The molecule has 1 rings (SSSR count). The molecule has 1 atom stereocenters. The second-order valence-electron chi connectivity index (χ2n) is 4.03. The molecule has 6 heteroatoms. The highest BCUT2D eigenvalue weighted by atomic mass is 32.1. The molecule has 0 aromatic carbocycles. The minimum absolute atomic E-state index is 0.166. The van der Waals surface area contributed by atoms with Gasteiger partial charge in [-0.25, -0.2) is 10.8 Å². The maximum Gasteiger partial charge on any atom is 0.206 e. The molecule has 1 heterocycles. The topological polar surface area (TPSA) is 71.7 Å². The van der Waals surface area contributed by atoms with Gasteiger partial charge < -0.3 is 10.1 Å². The normalized spacial score (nSPS) is 13.4. The smallest absolute Gasteiger partial charge is 0.206 e. The van der Waals surface area contributed by atoms with Crippen LogP contribution in [0.1, 0.15) is 23.6 Å². The summed E-state index contributed by atoms with van der Waals surface area (Å²) in [5.74, 6) is 6.02. The zero-order valence-corrected chi connectivity index (χ0v) is 12.0. The maximum atomic E-state index is 5.43. The molecule has 0 fully saturated rings. The molecule has 1 aromatic rings. The first kappa shape index (κ1) is 14.9. The molecule has 0 aliphatic heterocycles. The predicted molar refractivity (Wildman–Crippen MR) is 76.6 cm³/mol. The van der Waals surface area contributed by atoms with Crippen LogP contribution in [0.5, 0.6) is 0 Å². The fourth-order valence-electron chi connectivity index (χ4n) is 1.51. The Morgan fingerprint density at radius 1 is 1.50 bits per heavy atom. The van der Waals surface area contributed by atoms with Crippen molar-refractivity contribution in [1.82, 2.24) is 10.7 Å². The number of hydrogen-bond donors (Lipinski definition) is 3. The van der Waals surface area contributed by atoms with Crippen LogP contribution in [0.2, 0.25) is 0 Å². The van der Waals surface area contributed by atoms with Gasteiger partial charge in [-0.2, -0.15) is 0 Å². The standard InChI is InChI=1S/C12H22N4OS/c1-4-10-5-6-11(18-10)7-14-12(16-13)15-9(2)8-17-3/h5-6,9H,4,7-8,13H2,1-3H3,(H2,14,15,16). The average Bonchev–Trinajstić information content (AvgIpc) is 2.82. The second-order valence-corrected chi connectivity index (χ2v) is 5.28.